The zero-order valence-corrected chi connectivity index (χ0v) is 11.3. The number of aromatic nitrogens is 1. The van der Waals surface area contributed by atoms with Crippen LogP contribution < -0.4 is 11.1 Å². The first-order chi connectivity index (χ1) is 7.62. The van der Waals surface area contributed by atoms with E-state index >= 15 is 0 Å². The summed E-state index contributed by atoms with van der Waals surface area (Å²) in [6, 6.07) is 1.88. The third-order valence-electron chi connectivity index (χ3n) is 2.60. The molecule has 1 unspecified atom stereocenters. The number of β-amino-alcohol motifs (C(OH)–C–C–N with tert-alkyl or cyclic N) is 1. The van der Waals surface area contributed by atoms with E-state index in [9.17, 15) is 5.11 Å². The SMILES string of the molecule is Cc1cnc(N)c(C(C)(O)CNC(C)(C)C)c1. The summed E-state index contributed by atoms with van der Waals surface area (Å²) in [4.78, 5) is 4.08. The Morgan fingerprint density at radius 2 is 1.94 bits per heavy atom. The molecule has 0 saturated heterocycles. The van der Waals surface area contributed by atoms with E-state index in [0.29, 0.717) is 17.9 Å². The van der Waals surface area contributed by atoms with E-state index in [1.165, 1.54) is 0 Å². The second kappa shape index (κ2) is 4.63. The number of aliphatic hydroxyl groups is 1. The van der Waals surface area contributed by atoms with Crippen LogP contribution in [0.25, 0.3) is 0 Å². The molecule has 0 aliphatic rings. The van der Waals surface area contributed by atoms with Gasteiger partial charge in [0.1, 0.15) is 11.4 Å². The fourth-order valence-electron chi connectivity index (χ4n) is 1.54. The third-order valence-corrected chi connectivity index (χ3v) is 2.60. The van der Waals surface area contributed by atoms with Crippen molar-refractivity contribution in [1.29, 1.82) is 0 Å². The van der Waals surface area contributed by atoms with Crippen LogP contribution in [0.1, 0.15) is 38.8 Å². The Bertz CT molecular complexity index is 394. The van der Waals surface area contributed by atoms with Crippen molar-refractivity contribution in [2.45, 2.75) is 45.8 Å². The average molecular weight is 237 g/mol. The molecule has 1 rings (SSSR count). The highest BCUT2D eigenvalue weighted by atomic mass is 16.3. The van der Waals surface area contributed by atoms with Gasteiger partial charge in [-0.05, 0) is 46.2 Å². The van der Waals surface area contributed by atoms with Gasteiger partial charge in [0.15, 0.2) is 0 Å². The van der Waals surface area contributed by atoms with Gasteiger partial charge in [0.25, 0.3) is 0 Å². The van der Waals surface area contributed by atoms with Crippen LogP contribution in [0, 0.1) is 6.92 Å². The van der Waals surface area contributed by atoms with Crippen molar-refractivity contribution in [3.8, 4) is 0 Å². The normalized spacial score (nSPS) is 15.6. The van der Waals surface area contributed by atoms with Gasteiger partial charge in [-0.2, -0.15) is 0 Å². The summed E-state index contributed by atoms with van der Waals surface area (Å²) in [7, 11) is 0. The van der Waals surface area contributed by atoms with Crippen molar-refractivity contribution in [3.63, 3.8) is 0 Å². The predicted octanol–water partition coefficient (Wildman–Crippen LogP) is 1.57. The molecule has 4 nitrogen and oxygen atoms in total. The van der Waals surface area contributed by atoms with E-state index in [1.807, 2.05) is 13.0 Å². The molecule has 1 atom stereocenters. The maximum atomic E-state index is 10.5. The van der Waals surface area contributed by atoms with Gasteiger partial charge in [-0.25, -0.2) is 4.98 Å². The van der Waals surface area contributed by atoms with Crippen LogP contribution in [0.2, 0.25) is 0 Å². The number of nitrogen functional groups attached to an aromatic ring is 1. The first-order valence-corrected chi connectivity index (χ1v) is 5.82. The molecule has 0 fully saturated rings. The fraction of sp³-hybridized carbons (Fsp3) is 0.615. The molecule has 1 aromatic heterocycles. The van der Waals surface area contributed by atoms with Crippen LogP contribution in [-0.2, 0) is 5.60 Å². The minimum absolute atomic E-state index is 0.0456. The molecule has 0 amide bonds. The molecule has 0 aliphatic carbocycles. The Morgan fingerprint density at radius 1 is 1.35 bits per heavy atom. The van der Waals surface area contributed by atoms with Crippen molar-refractivity contribution < 1.29 is 5.11 Å². The van der Waals surface area contributed by atoms with Crippen molar-refractivity contribution in [2.75, 3.05) is 12.3 Å². The van der Waals surface area contributed by atoms with Gasteiger partial charge >= 0.3 is 0 Å². The first kappa shape index (κ1) is 13.9. The number of nitrogens with two attached hydrogens (primary N) is 1. The van der Waals surface area contributed by atoms with Gasteiger partial charge in [-0.1, -0.05) is 0 Å². The van der Waals surface area contributed by atoms with E-state index in [-0.39, 0.29) is 5.54 Å². The molecule has 4 N–H and O–H groups in total. The maximum Gasteiger partial charge on any atom is 0.129 e. The Morgan fingerprint density at radius 3 is 2.47 bits per heavy atom. The molecule has 4 heteroatoms. The van der Waals surface area contributed by atoms with Crippen LogP contribution in [0.3, 0.4) is 0 Å². The maximum absolute atomic E-state index is 10.5. The lowest BCUT2D eigenvalue weighted by Crippen LogP contribution is -2.45. The molecule has 0 aliphatic heterocycles. The van der Waals surface area contributed by atoms with E-state index in [2.05, 4.69) is 31.1 Å². The number of anilines is 1. The van der Waals surface area contributed by atoms with Crippen molar-refractivity contribution in [3.05, 3.63) is 23.4 Å². The van der Waals surface area contributed by atoms with Gasteiger partial charge in [0.05, 0.1) is 0 Å². The van der Waals surface area contributed by atoms with Gasteiger partial charge in [0.2, 0.25) is 0 Å². The molecule has 1 aromatic rings. The molecule has 0 bridgehead atoms. The summed E-state index contributed by atoms with van der Waals surface area (Å²) < 4.78 is 0. The number of hydrogen-bond acceptors (Lipinski definition) is 4. The molecule has 0 aromatic carbocycles. The smallest absolute Gasteiger partial charge is 0.129 e. The van der Waals surface area contributed by atoms with Crippen LogP contribution in [0.15, 0.2) is 12.3 Å². The largest absolute Gasteiger partial charge is 0.384 e. The zero-order valence-electron chi connectivity index (χ0n) is 11.3. The third kappa shape index (κ3) is 3.98. The monoisotopic (exact) mass is 237 g/mol. The lowest BCUT2D eigenvalue weighted by atomic mass is 9.94. The van der Waals surface area contributed by atoms with Gasteiger partial charge in [0, 0.05) is 23.8 Å². The molecule has 0 radical (unpaired) electrons. The molecule has 1 heterocycles. The van der Waals surface area contributed by atoms with E-state index < -0.39 is 5.60 Å². The quantitative estimate of drug-likeness (QED) is 0.746. The molecular weight excluding hydrogens is 214 g/mol. The Hall–Kier alpha value is -1.13. The van der Waals surface area contributed by atoms with Crippen LogP contribution in [0.4, 0.5) is 5.82 Å². The predicted molar refractivity (Wildman–Crippen MR) is 70.7 cm³/mol. The molecule has 17 heavy (non-hydrogen) atoms. The summed E-state index contributed by atoms with van der Waals surface area (Å²) in [5.74, 6) is 0.385. The number of nitrogens with one attached hydrogen (secondary N) is 1. The van der Waals surface area contributed by atoms with Crippen molar-refractivity contribution >= 4 is 5.82 Å². The standard InChI is InChI=1S/C13H23N3O/c1-9-6-10(11(14)15-7-9)13(5,17)8-16-12(2,3)4/h6-7,16-17H,8H2,1-5H3,(H2,14,15). The summed E-state index contributed by atoms with van der Waals surface area (Å²) in [5, 5.41) is 13.7. The summed E-state index contributed by atoms with van der Waals surface area (Å²) in [6.45, 7) is 10.3. The summed E-state index contributed by atoms with van der Waals surface area (Å²) >= 11 is 0. The molecule has 0 spiro atoms. The van der Waals surface area contributed by atoms with E-state index in [0.717, 1.165) is 5.56 Å². The molecule has 96 valence electrons. The lowest BCUT2D eigenvalue weighted by molar-refractivity contribution is 0.0506. The number of hydrogen-bond donors (Lipinski definition) is 3. The second-order valence-corrected chi connectivity index (χ2v) is 5.82. The minimum Gasteiger partial charge on any atom is -0.384 e. The number of aryl methyl sites for hydroxylation is 1. The van der Waals surface area contributed by atoms with Gasteiger partial charge in [-0.3, -0.25) is 0 Å². The van der Waals surface area contributed by atoms with E-state index in [1.54, 1.807) is 13.1 Å². The van der Waals surface area contributed by atoms with Crippen molar-refractivity contribution in [2.24, 2.45) is 0 Å². The topological polar surface area (TPSA) is 71.2 Å². The Balaban J connectivity index is 2.92. The number of nitrogens with zero attached hydrogens (tertiary/aromatic N) is 1. The Kier molecular flexibility index (Phi) is 3.79. The van der Waals surface area contributed by atoms with Crippen molar-refractivity contribution in [1.82, 2.24) is 10.3 Å². The molecular formula is C13H23N3O. The highest BCUT2D eigenvalue weighted by Gasteiger charge is 2.27. The number of rotatable bonds is 3. The van der Waals surface area contributed by atoms with Crippen LogP contribution >= 0.6 is 0 Å². The Labute approximate surface area is 103 Å². The zero-order chi connectivity index (χ0) is 13.3. The summed E-state index contributed by atoms with van der Waals surface area (Å²) in [6.07, 6.45) is 1.70. The van der Waals surface area contributed by atoms with Crippen LogP contribution in [-0.4, -0.2) is 22.2 Å². The summed E-state index contributed by atoms with van der Waals surface area (Å²) in [5.41, 5.74) is 6.42. The molecule has 0 saturated carbocycles. The highest BCUT2D eigenvalue weighted by Crippen LogP contribution is 2.25. The van der Waals surface area contributed by atoms with E-state index in [4.69, 9.17) is 5.73 Å². The average Bonchev–Trinajstić information content (AvgIpc) is 2.18. The lowest BCUT2D eigenvalue weighted by Gasteiger charge is -2.30. The van der Waals surface area contributed by atoms with Gasteiger partial charge in [-0.15, -0.1) is 0 Å². The fourth-order valence-corrected chi connectivity index (χ4v) is 1.54. The van der Waals surface area contributed by atoms with Gasteiger partial charge < -0.3 is 16.2 Å². The second-order valence-electron chi connectivity index (χ2n) is 5.82. The highest BCUT2D eigenvalue weighted by molar-refractivity contribution is 5.44. The minimum atomic E-state index is -1.02. The van der Waals surface area contributed by atoms with Crippen LogP contribution in [0.5, 0.6) is 0 Å². The first-order valence-electron chi connectivity index (χ1n) is 5.82. The number of pyridine rings is 1.